The molecule has 1 N–H and O–H groups in total. The number of methoxy groups -OCH3 is 1. The highest BCUT2D eigenvalue weighted by Crippen LogP contribution is 2.25. The third-order valence-electron chi connectivity index (χ3n) is 3.49. The van der Waals surface area contributed by atoms with Crippen molar-refractivity contribution < 1.29 is 13.9 Å². The van der Waals surface area contributed by atoms with Crippen molar-refractivity contribution in [2.75, 3.05) is 13.7 Å². The van der Waals surface area contributed by atoms with Crippen molar-refractivity contribution in [3.8, 4) is 0 Å². The molecule has 1 heterocycles. The lowest BCUT2D eigenvalue weighted by Crippen LogP contribution is -2.56. The van der Waals surface area contributed by atoms with E-state index in [2.05, 4.69) is 5.32 Å². The summed E-state index contributed by atoms with van der Waals surface area (Å²) < 4.78 is 17.8. The highest BCUT2D eigenvalue weighted by molar-refractivity contribution is 5.81. The first-order valence-corrected chi connectivity index (χ1v) is 6.24. The van der Waals surface area contributed by atoms with E-state index in [4.69, 9.17) is 4.74 Å². The zero-order valence-corrected chi connectivity index (χ0v) is 10.5. The summed E-state index contributed by atoms with van der Waals surface area (Å²) in [6, 6.07) is 6.28. The van der Waals surface area contributed by atoms with Crippen molar-refractivity contribution in [3.63, 3.8) is 0 Å². The van der Waals surface area contributed by atoms with Gasteiger partial charge in [0.05, 0.1) is 7.11 Å². The standard InChI is InChI=1S/C14H18FNO2/c1-18-13(17)14(8-2-3-9-16-14)10-11-4-6-12(15)7-5-11/h4-7,16H,2-3,8-10H2,1H3. The molecule has 0 aromatic heterocycles. The predicted octanol–water partition coefficient (Wildman–Crippen LogP) is 2.05. The van der Waals surface area contributed by atoms with Crippen molar-refractivity contribution in [3.05, 3.63) is 35.6 Å². The Hall–Kier alpha value is -1.42. The summed E-state index contributed by atoms with van der Waals surface area (Å²) in [5.74, 6) is -0.492. The molecule has 0 radical (unpaired) electrons. The van der Waals surface area contributed by atoms with E-state index >= 15 is 0 Å². The maximum absolute atomic E-state index is 12.9. The fourth-order valence-electron chi connectivity index (χ4n) is 2.51. The van der Waals surface area contributed by atoms with Gasteiger partial charge < -0.3 is 10.1 Å². The Kier molecular flexibility index (Phi) is 3.97. The van der Waals surface area contributed by atoms with Crippen LogP contribution in [0, 0.1) is 5.82 Å². The molecule has 0 aliphatic carbocycles. The third-order valence-corrected chi connectivity index (χ3v) is 3.49. The van der Waals surface area contributed by atoms with Gasteiger partial charge in [-0.25, -0.2) is 4.39 Å². The van der Waals surface area contributed by atoms with Crippen LogP contribution >= 0.6 is 0 Å². The number of esters is 1. The number of halogens is 1. The van der Waals surface area contributed by atoms with Crippen LogP contribution in [0.15, 0.2) is 24.3 Å². The second-order valence-corrected chi connectivity index (χ2v) is 4.76. The first-order chi connectivity index (χ1) is 8.66. The quantitative estimate of drug-likeness (QED) is 0.836. The molecule has 1 aliphatic rings. The summed E-state index contributed by atoms with van der Waals surface area (Å²) in [4.78, 5) is 12.0. The van der Waals surface area contributed by atoms with Crippen LogP contribution in [0.2, 0.25) is 0 Å². The SMILES string of the molecule is COC(=O)C1(Cc2ccc(F)cc2)CCCCN1. The molecule has 0 spiro atoms. The second kappa shape index (κ2) is 5.48. The highest BCUT2D eigenvalue weighted by Gasteiger charge is 2.40. The number of nitrogens with one attached hydrogen (secondary N) is 1. The number of benzene rings is 1. The largest absolute Gasteiger partial charge is 0.468 e. The Bertz CT molecular complexity index is 410. The molecule has 1 fully saturated rings. The van der Waals surface area contributed by atoms with E-state index < -0.39 is 5.54 Å². The van der Waals surface area contributed by atoms with E-state index in [-0.39, 0.29) is 11.8 Å². The molecule has 4 heteroatoms. The van der Waals surface area contributed by atoms with Crippen LogP contribution < -0.4 is 5.32 Å². The van der Waals surface area contributed by atoms with Crippen molar-refractivity contribution in [1.82, 2.24) is 5.32 Å². The number of carbonyl (C=O) groups excluding carboxylic acids is 1. The minimum absolute atomic E-state index is 0.230. The van der Waals surface area contributed by atoms with Crippen LogP contribution in [0.5, 0.6) is 0 Å². The molecular formula is C14H18FNO2. The molecule has 3 nitrogen and oxygen atoms in total. The highest BCUT2D eigenvalue weighted by atomic mass is 19.1. The van der Waals surface area contributed by atoms with Crippen molar-refractivity contribution >= 4 is 5.97 Å². The van der Waals surface area contributed by atoms with Gasteiger partial charge in [-0.3, -0.25) is 4.79 Å². The number of hydrogen-bond acceptors (Lipinski definition) is 3. The second-order valence-electron chi connectivity index (χ2n) is 4.76. The maximum atomic E-state index is 12.9. The number of ether oxygens (including phenoxy) is 1. The molecule has 1 aliphatic heterocycles. The summed E-state index contributed by atoms with van der Waals surface area (Å²) in [6.45, 7) is 0.816. The van der Waals surface area contributed by atoms with Crippen LogP contribution in [-0.2, 0) is 16.0 Å². The summed E-state index contributed by atoms with van der Waals surface area (Å²) in [5, 5.41) is 3.28. The van der Waals surface area contributed by atoms with E-state index in [1.165, 1.54) is 19.2 Å². The van der Waals surface area contributed by atoms with Crippen LogP contribution in [0.1, 0.15) is 24.8 Å². The molecule has 98 valence electrons. The fraction of sp³-hybridized carbons (Fsp3) is 0.500. The average molecular weight is 251 g/mol. The molecule has 0 bridgehead atoms. The van der Waals surface area contributed by atoms with Gasteiger partial charge in [0.25, 0.3) is 0 Å². The summed E-state index contributed by atoms with van der Waals surface area (Å²) in [6.07, 6.45) is 3.38. The topological polar surface area (TPSA) is 38.3 Å². The van der Waals surface area contributed by atoms with E-state index in [1.807, 2.05) is 0 Å². The summed E-state index contributed by atoms with van der Waals surface area (Å²) >= 11 is 0. The Morgan fingerprint density at radius 3 is 2.67 bits per heavy atom. The molecule has 1 aromatic carbocycles. The van der Waals surface area contributed by atoms with Gasteiger partial charge in [-0.2, -0.15) is 0 Å². The van der Waals surface area contributed by atoms with Gasteiger partial charge in [0.2, 0.25) is 0 Å². The van der Waals surface area contributed by atoms with Crippen LogP contribution in [0.3, 0.4) is 0 Å². The fourth-order valence-corrected chi connectivity index (χ4v) is 2.51. The zero-order chi connectivity index (χ0) is 13.0. The minimum atomic E-state index is -0.648. The molecule has 1 atom stereocenters. The molecule has 1 saturated heterocycles. The van der Waals surface area contributed by atoms with Crippen LogP contribution in [0.4, 0.5) is 4.39 Å². The lowest BCUT2D eigenvalue weighted by Gasteiger charge is -2.35. The van der Waals surface area contributed by atoms with Gasteiger partial charge in [0.15, 0.2) is 0 Å². The molecule has 2 rings (SSSR count). The van der Waals surface area contributed by atoms with Gasteiger partial charge in [-0.05, 0) is 43.5 Å². The van der Waals surface area contributed by atoms with Crippen LogP contribution in [-0.4, -0.2) is 25.2 Å². The van der Waals surface area contributed by atoms with E-state index in [9.17, 15) is 9.18 Å². The van der Waals surface area contributed by atoms with Crippen molar-refractivity contribution in [2.45, 2.75) is 31.2 Å². The molecule has 0 saturated carbocycles. The number of rotatable bonds is 3. The molecular weight excluding hydrogens is 233 g/mol. The number of piperidine rings is 1. The van der Waals surface area contributed by atoms with E-state index in [0.717, 1.165) is 31.4 Å². The van der Waals surface area contributed by atoms with E-state index in [0.29, 0.717) is 6.42 Å². The smallest absolute Gasteiger partial charge is 0.326 e. The normalized spacial score (nSPS) is 23.7. The van der Waals surface area contributed by atoms with Crippen molar-refractivity contribution in [1.29, 1.82) is 0 Å². The first kappa shape index (κ1) is 13.0. The zero-order valence-electron chi connectivity index (χ0n) is 10.5. The lowest BCUT2D eigenvalue weighted by molar-refractivity contribution is -0.149. The van der Waals surface area contributed by atoms with Crippen molar-refractivity contribution in [2.24, 2.45) is 0 Å². The maximum Gasteiger partial charge on any atom is 0.326 e. The number of carbonyl (C=O) groups is 1. The van der Waals surface area contributed by atoms with Gasteiger partial charge in [-0.1, -0.05) is 12.1 Å². The average Bonchev–Trinajstić information content (AvgIpc) is 2.41. The number of hydrogen-bond donors (Lipinski definition) is 1. The molecule has 18 heavy (non-hydrogen) atoms. The Morgan fingerprint density at radius 1 is 1.39 bits per heavy atom. The van der Waals surface area contributed by atoms with Gasteiger partial charge in [-0.15, -0.1) is 0 Å². The Balaban J connectivity index is 2.19. The molecule has 1 unspecified atom stereocenters. The molecule has 1 aromatic rings. The monoisotopic (exact) mass is 251 g/mol. The third kappa shape index (κ3) is 2.70. The molecule has 0 amide bonds. The Labute approximate surface area is 106 Å². The van der Waals surface area contributed by atoms with Gasteiger partial charge in [0, 0.05) is 6.42 Å². The lowest BCUT2D eigenvalue weighted by atomic mass is 9.83. The predicted molar refractivity (Wildman–Crippen MR) is 66.7 cm³/mol. The van der Waals surface area contributed by atoms with Crippen LogP contribution in [0.25, 0.3) is 0 Å². The summed E-state index contributed by atoms with van der Waals surface area (Å²) in [7, 11) is 1.41. The first-order valence-electron chi connectivity index (χ1n) is 6.24. The minimum Gasteiger partial charge on any atom is -0.468 e. The van der Waals surface area contributed by atoms with Gasteiger partial charge in [0.1, 0.15) is 11.4 Å². The van der Waals surface area contributed by atoms with E-state index in [1.54, 1.807) is 12.1 Å². The Morgan fingerprint density at radius 2 is 2.11 bits per heavy atom. The van der Waals surface area contributed by atoms with Gasteiger partial charge >= 0.3 is 5.97 Å². The summed E-state index contributed by atoms with van der Waals surface area (Å²) in [5.41, 5.74) is 0.293.